The van der Waals surface area contributed by atoms with Gasteiger partial charge in [-0.1, -0.05) is 0 Å². The van der Waals surface area contributed by atoms with Crippen molar-refractivity contribution in [2.24, 2.45) is 0 Å². The zero-order valence-corrected chi connectivity index (χ0v) is 4.92. The Kier molecular flexibility index (Phi) is 1.16. The molecule has 1 heterocycles. The minimum atomic E-state index is -0.417. The van der Waals surface area contributed by atoms with Crippen molar-refractivity contribution in [1.29, 1.82) is 0 Å². The molecule has 2 amide bonds. The largest absolute Gasteiger partial charge is 0.279 e. The van der Waals surface area contributed by atoms with Crippen molar-refractivity contribution < 1.29 is 9.59 Å². The quantitative estimate of drug-likeness (QED) is 0.305. The third kappa shape index (κ3) is 0.760. The molecule has 1 aliphatic heterocycles. The van der Waals surface area contributed by atoms with E-state index in [1.807, 2.05) is 0 Å². The highest BCUT2D eigenvalue weighted by atomic mass is 16.2. The van der Waals surface area contributed by atoms with Crippen LogP contribution in [-0.4, -0.2) is 31.6 Å². The molecule has 0 fully saturated rings. The minimum absolute atomic E-state index is 0.0162. The first kappa shape index (κ1) is 6.07. The number of carbonyl (C=O) groups excluding carboxylic acids is 2. The van der Waals surface area contributed by atoms with Gasteiger partial charge in [0.25, 0.3) is 5.91 Å². The van der Waals surface area contributed by atoms with Gasteiger partial charge in [-0.25, -0.2) is 0 Å². The molecular weight excluding hydrogens is 117 g/mol. The summed E-state index contributed by atoms with van der Waals surface area (Å²) >= 11 is 0. The van der Waals surface area contributed by atoms with Crippen LogP contribution in [0.25, 0.3) is 0 Å². The fourth-order valence-corrected chi connectivity index (χ4v) is 0.585. The van der Waals surface area contributed by atoms with Gasteiger partial charge in [-0.05, 0) is 5.47 Å². The molecule has 0 bridgehead atoms. The summed E-state index contributed by atoms with van der Waals surface area (Å²) in [6.45, 7) is 0. The Morgan fingerprint density at radius 2 is 2.11 bits per heavy atom. The van der Waals surface area contributed by atoms with Crippen LogP contribution in [0.3, 0.4) is 0 Å². The van der Waals surface area contributed by atoms with Crippen LogP contribution < -0.4 is 0 Å². The van der Waals surface area contributed by atoms with E-state index < -0.39 is 5.91 Å². The number of hydrogen-bond donors (Lipinski definition) is 0. The number of nitrogens with zero attached hydrogens (tertiary/aromatic N) is 1. The maximum Gasteiger partial charge on any atom is 0.252 e. The summed E-state index contributed by atoms with van der Waals surface area (Å²) in [4.78, 5) is 22.1. The molecule has 2 radical (unpaired) electrons. The van der Waals surface area contributed by atoms with Crippen LogP contribution in [0.15, 0.2) is 11.5 Å². The van der Waals surface area contributed by atoms with Crippen LogP contribution >= 0.6 is 0 Å². The zero-order valence-electron chi connectivity index (χ0n) is 4.92. The minimum Gasteiger partial charge on any atom is -0.279 e. The second-order valence-corrected chi connectivity index (χ2v) is 1.80. The van der Waals surface area contributed by atoms with Crippen molar-refractivity contribution in [1.82, 2.24) is 4.90 Å². The monoisotopic (exact) mass is 121 g/mol. The molecule has 4 heteroatoms. The molecule has 0 saturated heterocycles. The summed E-state index contributed by atoms with van der Waals surface area (Å²) in [5, 5.41) is 0. The van der Waals surface area contributed by atoms with Gasteiger partial charge in [0, 0.05) is 13.1 Å². The molecule has 0 N–H and O–H groups in total. The Labute approximate surface area is 53.7 Å². The van der Waals surface area contributed by atoms with Crippen LogP contribution in [0.2, 0.25) is 0 Å². The predicted octanol–water partition coefficient (Wildman–Crippen LogP) is -0.963. The first-order chi connectivity index (χ1) is 4.13. The van der Waals surface area contributed by atoms with E-state index >= 15 is 0 Å². The molecule has 0 saturated carbocycles. The van der Waals surface area contributed by atoms with E-state index in [4.69, 9.17) is 7.85 Å². The van der Waals surface area contributed by atoms with Crippen molar-refractivity contribution in [3.8, 4) is 0 Å². The van der Waals surface area contributed by atoms with Gasteiger partial charge < -0.3 is 0 Å². The first-order valence-corrected chi connectivity index (χ1v) is 2.42. The lowest BCUT2D eigenvalue weighted by Gasteiger charge is -2.03. The predicted molar refractivity (Wildman–Crippen MR) is 31.6 cm³/mol. The van der Waals surface area contributed by atoms with Crippen molar-refractivity contribution in [2.75, 3.05) is 7.05 Å². The van der Waals surface area contributed by atoms with E-state index in [0.29, 0.717) is 0 Å². The summed E-state index contributed by atoms with van der Waals surface area (Å²) in [5.74, 6) is -0.766. The van der Waals surface area contributed by atoms with Gasteiger partial charge >= 0.3 is 0 Å². The van der Waals surface area contributed by atoms with Crippen molar-refractivity contribution in [3.63, 3.8) is 0 Å². The average Bonchev–Trinajstić information content (AvgIpc) is 1.98. The number of carbonyl (C=O) groups is 2. The third-order valence-electron chi connectivity index (χ3n) is 1.16. The number of rotatable bonds is 0. The Morgan fingerprint density at radius 3 is 2.22 bits per heavy atom. The van der Waals surface area contributed by atoms with Crippen molar-refractivity contribution in [3.05, 3.63) is 11.5 Å². The Hall–Kier alpha value is -1.06. The van der Waals surface area contributed by atoms with Crippen LogP contribution in [0.1, 0.15) is 0 Å². The Bertz CT molecular complexity index is 209. The molecule has 44 valence electrons. The molecule has 0 spiro atoms. The third-order valence-corrected chi connectivity index (χ3v) is 1.16. The summed E-state index contributed by atoms with van der Waals surface area (Å²) in [6.07, 6.45) is 1.11. The highest BCUT2D eigenvalue weighted by Crippen LogP contribution is 2.05. The van der Waals surface area contributed by atoms with Gasteiger partial charge in [-0.3, -0.25) is 14.5 Å². The van der Waals surface area contributed by atoms with Crippen LogP contribution in [0.4, 0.5) is 0 Å². The van der Waals surface area contributed by atoms with Crippen molar-refractivity contribution in [2.45, 2.75) is 0 Å². The van der Waals surface area contributed by atoms with E-state index in [0.717, 1.165) is 11.0 Å². The van der Waals surface area contributed by atoms with E-state index in [2.05, 4.69) is 0 Å². The maximum absolute atomic E-state index is 10.6. The normalized spacial score (nSPS) is 18.8. The molecule has 0 atom stereocenters. The lowest BCUT2D eigenvalue weighted by Crippen LogP contribution is -2.26. The van der Waals surface area contributed by atoms with Gasteiger partial charge in [0.05, 0.1) is 0 Å². The molecule has 0 aromatic carbocycles. The molecule has 0 aromatic rings. The highest BCUT2D eigenvalue weighted by molar-refractivity contribution is 6.42. The lowest BCUT2D eigenvalue weighted by atomic mass is 9.97. The van der Waals surface area contributed by atoms with E-state index in [-0.39, 0.29) is 11.4 Å². The standard InChI is InChI=1S/C5H4BNO2/c1-7-4(8)2-3(6)5(7)9/h2H,1H3. The van der Waals surface area contributed by atoms with Gasteiger partial charge in [0.2, 0.25) is 5.91 Å². The zero-order chi connectivity index (χ0) is 7.02. The molecule has 1 aliphatic rings. The molecular formula is C5H4BNO2. The van der Waals surface area contributed by atoms with Gasteiger partial charge in [0.1, 0.15) is 7.85 Å². The van der Waals surface area contributed by atoms with Crippen LogP contribution in [0, 0.1) is 0 Å². The smallest absolute Gasteiger partial charge is 0.252 e. The average molecular weight is 121 g/mol. The van der Waals surface area contributed by atoms with Gasteiger partial charge in [0.15, 0.2) is 0 Å². The fraction of sp³-hybridized carbons (Fsp3) is 0.200. The first-order valence-electron chi connectivity index (χ1n) is 2.42. The molecule has 3 nitrogen and oxygen atoms in total. The lowest BCUT2D eigenvalue weighted by molar-refractivity contribution is -0.135. The number of likely N-dealkylation sites (N-methyl/N-ethyl adjacent to an activating group) is 1. The second kappa shape index (κ2) is 1.72. The molecule has 0 aliphatic carbocycles. The van der Waals surface area contributed by atoms with Crippen LogP contribution in [0.5, 0.6) is 0 Å². The molecule has 9 heavy (non-hydrogen) atoms. The Morgan fingerprint density at radius 1 is 1.56 bits per heavy atom. The summed E-state index contributed by atoms with van der Waals surface area (Å²) < 4.78 is 0. The number of amides is 2. The number of hydrogen-bond acceptors (Lipinski definition) is 2. The topological polar surface area (TPSA) is 37.4 Å². The second-order valence-electron chi connectivity index (χ2n) is 1.80. The summed E-state index contributed by atoms with van der Waals surface area (Å²) in [5.41, 5.74) is 0.0162. The molecule has 0 aromatic heterocycles. The van der Waals surface area contributed by atoms with E-state index in [1.54, 1.807) is 0 Å². The SMILES string of the molecule is [B]C1=CC(=O)N(C)C1=O. The summed E-state index contributed by atoms with van der Waals surface area (Å²) in [6, 6.07) is 0. The maximum atomic E-state index is 10.6. The summed E-state index contributed by atoms with van der Waals surface area (Å²) in [7, 11) is 6.50. The fourth-order valence-electron chi connectivity index (χ4n) is 0.585. The van der Waals surface area contributed by atoms with Gasteiger partial charge in [-0.2, -0.15) is 0 Å². The van der Waals surface area contributed by atoms with E-state index in [1.165, 1.54) is 7.05 Å². The Balaban J connectivity index is 2.95. The van der Waals surface area contributed by atoms with Gasteiger partial charge in [-0.15, -0.1) is 0 Å². The van der Waals surface area contributed by atoms with Crippen LogP contribution in [-0.2, 0) is 9.59 Å². The highest BCUT2D eigenvalue weighted by Gasteiger charge is 2.22. The van der Waals surface area contributed by atoms with Crippen molar-refractivity contribution >= 4 is 19.7 Å². The molecule has 1 rings (SSSR count). The van der Waals surface area contributed by atoms with E-state index in [9.17, 15) is 9.59 Å². The number of imide groups is 1. The molecule has 0 unspecified atom stereocenters.